The number of carbonyl (C=O) groups is 1. The average molecular weight is 330 g/mol. The Hall–Kier alpha value is -2.80. The molecule has 24 heavy (non-hydrogen) atoms. The van der Waals surface area contributed by atoms with E-state index in [9.17, 15) is 4.79 Å². The first-order valence-electron chi connectivity index (χ1n) is 7.53. The second kappa shape index (κ2) is 7.65. The van der Waals surface area contributed by atoms with Crippen LogP contribution in [0, 0.1) is 0 Å². The van der Waals surface area contributed by atoms with E-state index in [0.29, 0.717) is 36.3 Å². The molecule has 1 amide bonds. The number of para-hydroxylation sites is 2. The SMILES string of the molecule is COCCOc1ccc(NC(=O)[C@H]2COc3ccccc3O2)cn1. The number of fused-ring (bicyclic) bond motifs is 1. The van der Waals surface area contributed by atoms with Crippen molar-refractivity contribution in [1.29, 1.82) is 0 Å². The number of anilines is 1. The predicted octanol–water partition coefficient (Wildman–Crippen LogP) is 1.89. The van der Waals surface area contributed by atoms with Gasteiger partial charge in [0, 0.05) is 13.2 Å². The minimum atomic E-state index is -0.711. The van der Waals surface area contributed by atoms with Gasteiger partial charge in [-0.2, -0.15) is 0 Å². The van der Waals surface area contributed by atoms with Gasteiger partial charge in [0.15, 0.2) is 11.5 Å². The summed E-state index contributed by atoms with van der Waals surface area (Å²) >= 11 is 0. The standard InChI is InChI=1S/C17H18N2O5/c1-21-8-9-22-16-7-6-12(10-18-16)19-17(20)15-11-23-13-4-2-3-5-14(13)24-15/h2-7,10,15H,8-9,11H2,1H3,(H,19,20)/t15-/m1/s1. The first-order chi connectivity index (χ1) is 11.8. The third kappa shape index (κ3) is 3.94. The average Bonchev–Trinajstić information content (AvgIpc) is 2.63. The van der Waals surface area contributed by atoms with E-state index >= 15 is 0 Å². The summed E-state index contributed by atoms with van der Waals surface area (Å²) in [6, 6.07) is 10.6. The Morgan fingerprint density at radius 2 is 2.08 bits per heavy atom. The number of carbonyl (C=O) groups excluding carboxylic acids is 1. The third-order valence-electron chi connectivity index (χ3n) is 3.34. The highest BCUT2D eigenvalue weighted by Gasteiger charge is 2.27. The van der Waals surface area contributed by atoms with Crippen molar-refractivity contribution in [2.24, 2.45) is 0 Å². The number of nitrogens with zero attached hydrogens (tertiary/aromatic N) is 1. The zero-order valence-electron chi connectivity index (χ0n) is 13.2. The van der Waals surface area contributed by atoms with Crippen LogP contribution in [0.1, 0.15) is 0 Å². The maximum Gasteiger partial charge on any atom is 0.269 e. The summed E-state index contributed by atoms with van der Waals surface area (Å²) in [4.78, 5) is 16.4. The van der Waals surface area contributed by atoms with Gasteiger partial charge in [-0.15, -0.1) is 0 Å². The van der Waals surface area contributed by atoms with Crippen LogP contribution in [0.3, 0.4) is 0 Å². The van der Waals surface area contributed by atoms with Crippen LogP contribution in [0.15, 0.2) is 42.6 Å². The summed E-state index contributed by atoms with van der Waals surface area (Å²) in [5, 5.41) is 2.75. The lowest BCUT2D eigenvalue weighted by Gasteiger charge is -2.25. The van der Waals surface area contributed by atoms with Crippen molar-refractivity contribution in [3.05, 3.63) is 42.6 Å². The van der Waals surface area contributed by atoms with Gasteiger partial charge in [0.2, 0.25) is 12.0 Å². The lowest BCUT2D eigenvalue weighted by molar-refractivity contribution is -0.125. The highest BCUT2D eigenvalue weighted by atomic mass is 16.6. The van der Waals surface area contributed by atoms with E-state index in [2.05, 4.69) is 10.3 Å². The first kappa shape index (κ1) is 16.1. The fraction of sp³-hybridized carbons (Fsp3) is 0.294. The van der Waals surface area contributed by atoms with E-state index in [1.165, 1.54) is 6.20 Å². The molecule has 0 saturated heterocycles. The van der Waals surface area contributed by atoms with Gasteiger partial charge in [0.25, 0.3) is 5.91 Å². The number of ether oxygens (including phenoxy) is 4. The van der Waals surface area contributed by atoms with Gasteiger partial charge in [-0.05, 0) is 18.2 Å². The minimum absolute atomic E-state index is 0.161. The van der Waals surface area contributed by atoms with Gasteiger partial charge in [-0.1, -0.05) is 12.1 Å². The van der Waals surface area contributed by atoms with Crippen LogP contribution in [0.25, 0.3) is 0 Å². The molecule has 0 saturated carbocycles. The number of pyridine rings is 1. The van der Waals surface area contributed by atoms with Crippen LogP contribution in [0.5, 0.6) is 17.4 Å². The molecule has 126 valence electrons. The summed E-state index contributed by atoms with van der Waals surface area (Å²) in [5.74, 6) is 1.38. The molecule has 7 nitrogen and oxygen atoms in total. The van der Waals surface area contributed by atoms with Crippen molar-refractivity contribution in [3.8, 4) is 17.4 Å². The fourth-order valence-electron chi connectivity index (χ4n) is 2.14. The van der Waals surface area contributed by atoms with Gasteiger partial charge >= 0.3 is 0 Å². The number of benzene rings is 1. The Labute approximate surface area is 139 Å². The molecule has 0 aliphatic carbocycles. The molecule has 0 bridgehead atoms. The quantitative estimate of drug-likeness (QED) is 0.815. The predicted molar refractivity (Wildman–Crippen MR) is 86.6 cm³/mol. The number of methoxy groups -OCH3 is 1. The van der Waals surface area contributed by atoms with E-state index in [1.807, 2.05) is 12.1 Å². The second-order valence-electron chi connectivity index (χ2n) is 5.08. The number of aromatic nitrogens is 1. The zero-order valence-corrected chi connectivity index (χ0v) is 13.2. The molecular weight excluding hydrogens is 312 g/mol. The van der Waals surface area contributed by atoms with Crippen molar-refractivity contribution in [1.82, 2.24) is 4.98 Å². The van der Waals surface area contributed by atoms with Gasteiger partial charge in [0.05, 0.1) is 18.5 Å². The van der Waals surface area contributed by atoms with Crippen molar-refractivity contribution < 1.29 is 23.7 Å². The summed E-state index contributed by atoms with van der Waals surface area (Å²) in [7, 11) is 1.60. The molecule has 1 aromatic carbocycles. The van der Waals surface area contributed by atoms with E-state index < -0.39 is 6.10 Å². The number of rotatable bonds is 6. The second-order valence-corrected chi connectivity index (χ2v) is 5.08. The molecule has 7 heteroatoms. The lowest BCUT2D eigenvalue weighted by atomic mass is 10.2. The maximum atomic E-state index is 12.3. The van der Waals surface area contributed by atoms with E-state index in [4.69, 9.17) is 18.9 Å². The summed E-state index contributed by atoms with van der Waals surface area (Å²) in [6.07, 6.45) is 0.815. The Morgan fingerprint density at radius 3 is 2.83 bits per heavy atom. The van der Waals surface area contributed by atoms with E-state index in [0.717, 1.165) is 0 Å². The van der Waals surface area contributed by atoms with Gasteiger partial charge in [0.1, 0.15) is 13.2 Å². The smallest absolute Gasteiger partial charge is 0.269 e. The molecule has 1 N–H and O–H groups in total. The van der Waals surface area contributed by atoms with Gasteiger partial charge in [-0.3, -0.25) is 4.79 Å². The van der Waals surface area contributed by atoms with E-state index in [-0.39, 0.29) is 12.5 Å². The van der Waals surface area contributed by atoms with Crippen molar-refractivity contribution >= 4 is 11.6 Å². The van der Waals surface area contributed by atoms with Crippen LogP contribution in [-0.2, 0) is 9.53 Å². The summed E-state index contributed by atoms with van der Waals surface area (Å²) < 4.78 is 21.5. The summed E-state index contributed by atoms with van der Waals surface area (Å²) in [6.45, 7) is 1.07. The van der Waals surface area contributed by atoms with Crippen molar-refractivity contribution in [2.45, 2.75) is 6.10 Å². The molecule has 0 spiro atoms. The molecule has 1 atom stereocenters. The van der Waals surface area contributed by atoms with Gasteiger partial charge in [-0.25, -0.2) is 4.98 Å². The molecule has 0 radical (unpaired) electrons. The van der Waals surface area contributed by atoms with Gasteiger partial charge < -0.3 is 24.3 Å². The number of hydrogen-bond donors (Lipinski definition) is 1. The highest BCUT2D eigenvalue weighted by Crippen LogP contribution is 2.31. The highest BCUT2D eigenvalue weighted by molar-refractivity contribution is 5.94. The molecular formula is C17H18N2O5. The molecule has 2 heterocycles. The number of amides is 1. The fourth-order valence-corrected chi connectivity index (χ4v) is 2.14. The van der Waals surface area contributed by atoms with Crippen molar-refractivity contribution in [2.75, 3.05) is 32.2 Å². The van der Waals surface area contributed by atoms with Crippen LogP contribution >= 0.6 is 0 Å². The Bertz CT molecular complexity index is 690. The number of nitrogens with one attached hydrogen (secondary N) is 1. The molecule has 1 aliphatic rings. The molecule has 0 fully saturated rings. The topological polar surface area (TPSA) is 78.9 Å². The first-order valence-corrected chi connectivity index (χ1v) is 7.53. The van der Waals surface area contributed by atoms with Crippen molar-refractivity contribution in [3.63, 3.8) is 0 Å². The molecule has 1 aliphatic heterocycles. The Kier molecular flexibility index (Phi) is 5.12. The monoisotopic (exact) mass is 330 g/mol. The maximum absolute atomic E-state index is 12.3. The van der Waals surface area contributed by atoms with Crippen LogP contribution in [0.4, 0.5) is 5.69 Å². The molecule has 3 rings (SSSR count). The third-order valence-corrected chi connectivity index (χ3v) is 3.34. The van der Waals surface area contributed by atoms with E-state index in [1.54, 1.807) is 31.4 Å². The van der Waals surface area contributed by atoms with Crippen LogP contribution in [-0.4, -0.2) is 43.9 Å². The normalized spacial score (nSPS) is 15.6. The lowest BCUT2D eigenvalue weighted by Crippen LogP contribution is -2.40. The van der Waals surface area contributed by atoms with Crippen LogP contribution < -0.4 is 19.5 Å². The molecule has 1 aromatic heterocycles. The Balaban J connectivity index is 1.55. The largest absolute Gasteiger partial charge is 0.485 e. The van der Waals surface area contributed by atoms with Crippen LogP contribution in [0.2, 0.25) is 0 Å². The molecule has 2 aromatic rings. The summed E-state index contributed by atoms with van der Waals surface area (Å²) in [5.41, 5.74) is 0.557. The molecule has 0 unspecified atom stereocenters. The Morgan fingerprint density at radius 1 is 1.25 bits per heavy atom. The minimum Gasteiger partial charge on any atom is -0.485 e. The zero-order chi connectivity index (χ0) is 16.8. The number of hydrogen-bond acceptors (Lipinski definition) is 6.